The number of fused-ring (bicyclic) bond motifs is 1. The van der Waals surface area contributed by atoms with Gasteiger partial charge in [-0.15, -0.1) is 0 Å². The number of H-pyrrole nitrogens is 1. The second-order valence-electron chi connectivity index (χ2n) is 8.20. The summed E-state index contributed by atoms with van der Waals surface area (Å²) in [5, 5.41) is 8.40. The van der Waals surface area contributed by atoms with E-state index in [4.69, 9.17) is 0 Å². The zero-order valence-corrected chi connectivity index (χ0v) is 18.6. The molecule has 1 aliphatic heterocycles. The van der Waals surface area contributed by atoms with Gasteiger partial charge in [0.05, 0.1) is 30.4 Å². The van der Waals surface area contributed by atoms with Gasteiger partial charge in [-0.3, -0.25) is 4.79 Å². The van der Waals surface area contributed by atoms with Crippen molar-refractivity contribution in [2.75, 3.05) is 30.3 Å². The lowest BCUT2D eigenvalue weighted by Crippen LogP contribution is -2.40. The highest BCUT2D eigenvalue weighted by molar-refractivity contribution is 7.77. The van der Waals surface area contributed by atoms with Gasteiger partial charge in [0.15, 0.2) is 18.6 Å². The molecule has 0 saturated carbocycles. The molecule has 0 aliphatic carbocycles. The Hall–Kier alpha value is -3.22. The number of benzene rings is 2. The van der Waals surface area contributed by atoms with Gasteiger partial charge in [-0.25, -0.2) is 23.8 Å². The SMILES string of the molecule is O=c1[nH]nc(Cc2ccc(F)c([P+]3(O)CCN(c4ccc(F)cn4)CC3)c2)c2ccccc12. The van der Waals surface area contributed by atoms with Crippen LogP contribution in [0.4, 0.5) is 14.6 Å². The summed E-state index contributed by atoms with van der Waals surface area (Å²) >= 11 is 0. The van der Waals surface area contributed by atoms with Crippen molar-refractivity contribution >= 4 is 29.4 Å². The quantitative estimate of drug-likeness (QED) is 0.451. The first-order valence-electron chi connectivity index (χ1n) is 10.6. The molecule has 1 saturated heterocycles. The van der Waals surface area contributed by atoms with Gasteiger partial charge >= 0.3 is 0 Å². The zero-order chi connectivity index (χ0) is 23.0. The minimum atomic E-state index is -2.71. The van der Waals surface area contributed by atoms with Crippen molar-refractivity contribution in [2.45, 2.75) is 6.42 Å². The van der Waals surface area contributed by atoms with Crippen LogP contribution in [-0.2, 0) is 6.42 Å². The van der Waals surface area contributed by atoms with Crippen LogP contribution in [0.2, 0.25) is 0 Å². The van der Waals surface area contributed by atoms with E-state index >= 15 is 0 Å². The number of aromatic amines is 1. The largest absolute Gasteiger partial charge is 0.349 e. The first-order valence-corrected chi connectivity index (χ1v) is 12.8. The third kappa shape index (κ3) is 4.24. The van der Waals surface area contributed by atoms with Gasteiger partial charge in [0.2, 0.25) is 0 Å². The zero-order valence-electron chi connectivity index (χ0n) is 17.7. The van der Waals surface area contributed by atoms with E-state index in [9.17, 15) is 18.5 Å². The maximum atomic E-state index is 14.8. The Bertz CT molecular complexity index is 1370. The molecule has 1 fully saturated rings. The van der Waals surface area contributed by atoms with Gasteiger partial charge in [-0.05, 0) is 35.9 Å². The van der Waals surface area contributed by atoms with E-state index in [0.29, 0.717) is 54.0 Å². The third-order valence-electron chi connectivity index (χ3n) is 6.12. The van der Waals surface area contributed by atoms with Crippen molar-refractivity contribution in [3.63, 3.8) is 0 Å². The second kappa shape index (κ2) is 8.61. The minimum Gasteiger partial charge on any atom is -0.349 e. The summed E-state index contributed by atoms with van der Waals surface area (Å²) in [6.07, 6.45) is 2.41. The fourth-order valence-corrected chi connectivity index (χ4v) is 7.04. The predicted molar refractivity (Wildman–Crippen MR) is 126 cm³/mol. The number of anilines is 1. The highest BCUT2D eigenvalue weighted by atomic mass is 31.2. The van der Waals surface area contributed by atoms with Crippen LogP contribution in [0.1, 0.15) is 11.3 Å². The van der Waals surface area contributed by atoms with E-state index in [2.05, 4.69) is 15.2 Å². The lowest BCUT2D eigenvalue weighted by molar-refractivity contribution is 0.585. The summed E-state index contributed by atoms with van der Waals surface area (Å²) in [6, 6.07) is 15.0. The molecule has 168 valence electrons. The first kappa shape index (κ1) is 21.6. The molecule has 0 atom stereocenters. The van der Waals surface area contributed by atoms with Crippen molar-refractivity contribution < 1.29 is 13.7 Å². The molecule has 9 heteroatoms. The van der Waals surface area contributed by atoms with Crippen LogP contribution in [0.15, 0.2) is 65.6 Å². The molecule has 2 N–H and O–H groups in total. The third-order valence-corrected chi connectivity index (χ3v) is 9.24. The van der Waals surface area contributed by atoms with E-state index in [1.807, 2.05) is 17.0 Å². The van der Waals surface area contributed by atoms with Crippen molar-refractivity contribution in [1.82, 2.24) is 15.2 Å². The summed E-state index contributed by atoms with van der Waals surface area (Å²) in [7, 11) is -2.71. The number of halogens is 2. The van der Waals surface area contributed by atoms with Gasteiger partial charge in [0.1, 0.15) is 24.0 Å². The Morgan fingerprint density at radius 1 is 1.03 bits per heavy atom. The fourth-order valence-electron chi connectivity index (χ4n) is 4.31. The molecule has 4 aromatic rings. The molecule has 3 heterocycles. The number of nitrogens with one attached hydrogen (secondary N) is 1. The van der Waals surface area contributed by atoms with Crippen molar-refractivity contribution in [2.24, 2.45) is 0 Å². The fraction of sp³-hybridized carbons (Fsp3) is 0.208. The summed E-state index contributed by atoms with van der Waals surface area (Å²) in [4.78, 5) is 29.6. The van der Waals surface area contributed by atoms with Crippen LogP contribution >= 0.6 is 7.49 Å². The van der Waals surface area contributed by atoms with Gasteiger partial charge in [0.25, 0.3) is 5.56 Å². The molecule has 33 heavy (non-hydrogen) atoms. The van der Waals surface area contributed by atoms with E-state index in [1.54, 1.807) is 30.3 Å². The summed E-state index contributed by atoms with van der Waals surface area (Å²) in [5.74, 6) is -0.168. The maximum Gasteiger partial charge on any atom is 0.272 e. The number of nitrogens with zero attached hydrogens (tertiary/aromatic N) is 3. The molecule has 2 aromatic carbocycles. The van der Waals surface area contributed by atoms with Crippen molar-refractivity contribution in [3.8, 4) is 0 Å². The number of rotatable bonds is 4. The Morgan fingerprint density at radius 3 is 2.52 bits per heavy atom. The Morgan fingerprint density at radius 2 is 1.79 bits per heavy atom. The number of hydrogen-bond acceptors (Lipinski definition) is 5. The Balaban J connectivity index is 1.40. The highest BCUT2D eigenvalue weighted by Gasteiger charge is 2.44. The number of aromatic nitrogens is 3. The van der Waals surface area contributed by atoms with Crippen molar-refractivity contribution in [3.05, 3.63) is 94.0 Å². The maximum absolute atomic E-state index is 14.8. The molecule has 0 unspecified atom stereocenters. The Kier molecular flexibility index (Phi) is 5.64. The monoisotopic (exact) mass is 467 g/mol. The second-order valence-corrected chi connectivity index (χ2v) is 11.4. The van der Waals surface area contributed by atoms with Crippen LogP contribution in [0.3, 0.4) is 0 Å². The average Bonchev–Trinajstić information content (AvgIpc) is 2.83. The number of hydrogen-bond donors (Lipinski definition) is 2. The van der Waals surface area contributed by atoms with Crippen LogP contribution in [0, 0.1) is 11.6 Å². The summed E-state index contributed by atoms with van der Waals surface area (Å²) in [5.41, 5.74) is 1.24. The smallest absolute Gasteiger partial charge is 0.272 e. The standard InChI is InChI=1S/C24H21F2N4O2P/c25-17-6-8-23(27-15-17)30-9-11-33(32,12-10-30)22-14-16(5-7-20(22)26)13-21-18-3-1-2-4-19(18)24(31)29-28-21/h1-8,14-15,32H,9-13H2/p+1. The molecule has 0 radical (unpaired) electrons. The molecule has 0 amide bonds. The van der Waals surface area contributed by atoms with Crippen LogP contribution in [0.5, 0.6) is 0 Å². The molecule has 0 bridgehead atoms. The van der Waals surface area contributed by atoms with Crippen molar-refractivity contribution in [1.29, 1.82) is 0 Å². The lowest BCUT2D eigenvalue weighted by atomic mass is 10.0. The van der Waals surface area contributed by atoms with E-state index in [1.165, 1.54) is 18.3 Å². The molecule has 2 aromatic heterocycles. The highest BCUT2D eigenvalue weighted by Crippen LogP contribution is 2.55. The van der Waals surface area contributed by atoms with Gasteiger partial charge in [-0.2, -0.15) is 5.10 Å². The predicted octanol–water partition coefficient (Wildman–Crippen LogP) is 3.26. The summed E-state index contributed by atoms with van der Waals surface area (Å²) < 4.78 is 28.0. The molecule has 1 aliphatic rings. The summed E-state index contributed by atoms with van der Waals surface area (Å²) in [6.45, 7) is 1.03. The molecule has 5 rings (SSSR count). The molecule has 6 nitrogen and oxygen atoms in total. The minimum absolute atomic E-state index is 0.253. The van der Waals surface area contributed by atoms with Gasteiger partial charge in [-0.1, -0.05) is 24.3 Å². The topological polar surface area (TPSA) is 82.1 Å². The molecule has 0 spiro atoms. The van der Waals surface area contributed by atoms with E-state index in [-0.39, 0.29) is 5.56 Å². The van der Waals surface area contributed by atoms with Crippen LogP contribution in [-0.4, -0.2) is 45.5 Å². The normalized spacial score (nSPS) is 15.7. The lowest BCUT2D eigenvalue weighted by Gasteiger charge is -2.33. The van der Waals surface area contributed by atoms with Gasteiger partial charge in [0, 0.05) is 11.8 Å². The van der Waals surface area contributed by atoms with E-state index < -0.39 is 19.1 Å². The molecular weight excluding hydrogens is 445 g/mol. The Labute approximate surface area is 189 Å². The van der Waals surface area contributed by atoms with Crippen LogP contribution in [0.25, 0.3) is 10.8 Å². The van der Waals surface area contributed by atoms with Gasteiger partial charge < -0.3 is 4.90 Å². The first-order chi connectivity index (χ1) is 15.9. The number of pyridine rings is 1. The van der Waals surface area contributed by atoms with Crippen LogP contribution < -0.4 is 15.8 Å². The molecular formula is C24H22F2N4O2P+. The average molecular weight is 467 g/mol. The van der Waals surface area contributed by atoms with E-state index in [0.717, 1.165) is 10.9 Å².